The summed E-state index contributed by atoms with van der Waals surface area (Å²) in [6.07, 6.45) is 3.74. The third-order valence-corrected chi connectivity index (χ3v) is 4.90. The lowest BCUT2D eigenvalue weighted by Crippen LogP contribution is -2.44. The Hall–Kier alpha value is -1.38. The number of nitrogens with one attached hydrogen (secondary N) is 1. The number of aromatic nitrogens is 1. The highest BCUT2D eigenvalue weighted by atomic mass is 35.5. The lowest BCUT2D eigenvalue weighted by atomic mass is 10.0. The van der Waals surface area contributed by atoms with Crippen molar-refractivity contribution in [3.8, 4) is 0 Å². The van der Waals surface area contributed by atoms with E-state index in [9.17, 15) is 13.2 Å². The van der Waals surface area contributed by atoms with Gasteiger partial charge in [-0.15, -0.1) is 0 Å². The van der Waals surface area contributed by atoms with Crippen LogP contribution in [0.25, 0.3) is 0 Å². The molecule has 0 spiro atoms. The van der Waals surface area contributed by atoms with Crippen molar-refractivity contribution in [1.82, 2.24) is 9.29 Å². The molecule has 1 atom stereocenters. The molecular formula is C11H14ClN3O4S. The van der Waals surface area contributed by atoms with Gasteiger partial charge in [0.15, 0.2) is 0 Å². The minimum absolute atomic E-state index is 0.0391. The molecule has 2 N–H and O–H groups in total. The van der Waals surface area contributed by atoms with Crippen LogP contribution in [-0.4, -0.2) is 41.9 Å². The van der Waals surface area contributed by atoms with Crippen LogP contribution >= 0.6 is 11.6 Å². The molecule has 1 aromatic rings. The van der Waals surface area contributed by atoms with Crippen LogP contribution in [-0.2, 0) is 15.0 Å². The van der Waals surface area contributed by atoms with Crippen LogP contribution < -0.4 is 4.72 Å². The van der Waals surface area contributed by atoms with Gasteiger partial charge in [-0.2, -0.15) is 12.7 Å². The normalized spacial score (nSPS) is 20.6. The molecular weight excluding hydrogens is 306 g/mol. The molecule has 1 fully saturated rings. The SMILES string of the molecule is O=C(O)C1CCCN(S(=O)(=O)Nc2cnccc2Cl)C1. The number of piperidine rings is 1. The van der Waals surface area contributed by atoms with E-state index in [-0.39, 0.29) is 23.8 Å². The zero-order valence-electron chi connectivity index (χ0n) is 10.5. The van der Waals surface area contributed by atoms with Gasteiger partial charge in [0.05, 0.1) is 22.8 Å². The summed E-state index contributed by atoms with van der Waals surface area (Å²) in [5, 5.41) is 9.21. The number of carboxylic acids is 1. The van der Waals surface area contributed by atoms with E-state index in [1.165, 1.54) is 18.5 Å². The van der Waals surface area contributed by atoms with Gasteiger partial charge in [0.1, 0.15) is 0 Å². The molecule has 0 aromatic carbocycles. The average molecular weight is 320 g/mol. The second-order valence-corrected chi connectivity index (χ2v) is 6.58. The van der Waals surface area contributed by atoms with Crippen LogP contribution in [0.5, 0.6) is 0 Å². The molecule has 2 heterocycles. The second-order valence-electron chi connectivity index (χ2n) is 4.50. The average Bonchev–Trinajstić information content (AvgIpc) is 2.41. The van der Waals surface area contributed by atoms with Crippen LogP contribution in [0, 0.1) is 5.92 Å². The Kier molecular flexibility index (Phi) is 4.46. The number of aliphatic carboxylic acids is 1. The number of halogens is 1. The van der Waals surface area contributed by atoms with Gasteiger partial charge in [-0.05, 0) is 18.9 Å². The molecule has 0 amide bonds. The van der Waals surface area contributed by atoms with Crippen molar-refractivity contribution in [1.29, 1.82) is 0 Å². The van der Waals surface area contributed by atoms with Gasteiger partial charge < -0.3 is 5.11 Å². The summed E-state index contributed by atoms with van der Waals surface area (Å²) in [6.45, 7) is 0.250. The molecule has 1 aliphatic rings. The van der Waals surface area contributed by atoms with Gasteiger partial charge in [0.25, 0.3) is 0 Å². The third kappa shape index (κ3) is 3.38. The molecule has 9 heteroatoms. The minimum Gasteiger partial charge on any atom is -0.481 e. The van der Waals surface area contributed by atoms with Crippen LogP contribution in [0.1, 0.15) is 12.8 Å². The van der Waals surface area contributed by atoms with Crippen molar-refractivity contribution in [3.63, 3.8) is 0 Å². The first-order valence-electron chi connectivity index (χ1n) is 6.00. The zero-order valence-corrected chi connectivity index (χ0v) is 12.1. The molecule has 1 aliphatic heterocycles. The maximum absolute atomic E-state index is 12.2. The third-order valence-electron chi connectivity index (χ3n) is 3.08. The number of hydrogen-bond acceptors (Lipinski definition) is 4. The van der Waals surface area contributed by atoms with Crippen molar-refractivity contribution < 1.29 is 18.3 Å². The van der Waals surface area contributed by atoms with Crippen molar-refractivity contribution in [2.24, 2.45) is 5.92 Å². The Morgan fingerprint density at radius 2 is 2.30 bits per heavy atom. The van der Waals surface area contributed by atoms with E-state index in [1.807, 2.05) is 0 Å². The largest absolute Gasteiger partial charge is 0.481 e. The Morgan fingerprint density at radius 3 is 2.95 bits per heavy atom. The van der Waals surface area contributed by atoms with Gasteiger partial charge >= 0.3 is 16.2 Å². The minimum atomic E-state index is -3.83. The van der Waals surface area contributed by atoms with Crippen LogP contribution in [0.15, 0.2) is 18.5 Å². The molecule has 0 aliphatic carbocycles. The lowest BCUT2D eigenvalue weighted by Gasteiger charge is -2.29. The fourth-order valence-corrected chi connectivity index (χ4v) is 3.54. The van der Waals surface area contributed by atoms with Gasteiger partial charge in [0, 0.05) is 19.3 Å². The maximum Gasteiger partial charge on any atom is 0.307 e. The highest BCUT2D eigenvalue weighted by Crippen LogP contribution is 2.24. The zero-order chi connectivity index (χ0) is 14.8. The van der Waals surface area contributed by atoms with Crippen molar-refractivity contribution in [2.45, 2.75) is 12.8 Å². The fourth-order valence-electron chi connectivity index (χ4n) is 2.02. The summed E-state index contributed by atoms with van der Waals surface area (Å²) in [7, 11) is -3.83. The number of pyridine rings is 1. The van der Waals surface area contributed by atoms with E-state index < -0.39 is 22.1 Å². The first-order valence-corrected chi connectivity index (χ1v) is 7.82. The number of nitrogens with zero attached hydrogens (tertiary/aromatic N) is 2. The first-order chi connectivity index (χ1) is 9.40. The second kappa shape index (κ2) is 5.94. The maximum atomic E-state index is 12.2. The van der Waals surface area contributed by atoms with E-state index in [0.717, 1.165) is 4.31 Å². The van der Waals surface area contributed by atoms with Gasteiger partial charge in [-0.1, -0.05) is 11.6 Å². The Bertz CT molecular complexity index is 607. The molecule has 20 heavy (non-hydrogen) atoms. The predicted octanol–water partition coefficient (Wildman–Crippen LogP) is 1.19. The summed E-state index contributed by atoms with van der Waals surface area (Å²) < 4.78 is 27.9. The van der Waals surface area contributed by atoms with Crippen LogP contribution in [0.4, 0.5) is 5.69 Å². The highest BCUT2D eigenvalue weighted by Gasteiger charge is 2.32. The van der Waals surface area contributed by atoms with E-state index in [0.29, 0.717) is 12.8 Å². The predicted molar refractivity (Wildman–Crippen MR) is 73.7 cm³/mol. The Labute approximate surface area is 121 Å². The van der Waals surface area contributed by atoms with Crippen LogP contribution in [0.2, 0.25) is 5.02 Å². The molecule has 2 rings (SSSR count). The number of anilines is 1. The van der Waals surface area contributed by atoms with E-state index in [1.54, 1.807) is 0 Å². The molecule has 0 radical (unpaired) electrons. The molecule has 110 valence electrons. The summed E-state index contributed by atoms with van der Waals surface area (Å²) in [5.41, 5.74) is 0.173. The highest BCUT2D eigenvalue weighted by molar-refractivity contribution is 7.90. The summed E-state index contributed by atoms with van der Waals surface area (Å²) in [6, 6.07) is 1.47. The van der Waals surface area contributed by atoms with Gasteiger partial charge in [0.2, 0.25) is 0 Å². The monoisotopic (exact) mass is 319 g/mol. The molecule has 7 nitrogen and oxygen atoms in total. The molecule has 0 saturated carbocycles. The summed E-state index contributed by atoms with van der Waals surface area (Å²) in [4.78, 5) is 14.8. The van der Waals surface area contributed by atoms with Gasteiger partial charge in [-0.3, -0.25) is 14.5 Å². The van der Waals surface area contributed by atoms with Crippen molar-refractivity contribution in [3.05, 3.63) is 23.5 Å². The Balaban J connectivity index is 2.14. The molecule has 1 unspecified atom stereocenters. The van der Waals surface area contributed by atoms with Gasteiger partial charge in [-0.25, -0.2) is 0 Å². The fraction of sp³-hybridized carbons (Fsp3) is 0.455. The number of rotatable bonds is 4. The quantitative estimate of drug-likeness (QED) is 0.868. The topological polar surface area (TPSA) is 99.6 Å². The molecule has 1 saturated heterocycles. The standard InChI is InChI=1S/C11H14ClN3O4S/c12-9-3-4-13-6-10(9)14-20(18,19)15-5-1-2-8(7-15)11(16)17/h3-4,6,8,14H,1-2,5,7H2,(H,16,17). The lowest BCUT2D eigenvalue weighted by molar-refractivity contribution is -0.142. The first kappa shape index (κ1) is 15.0. The smallest absolute Gasteiger partial charge is 0.307 e. The molecule has 0 bridgehead atoms. The van der Waals surface area contributed by atoms with Crippen molar-refractivity contribution in [2.75, 3.05) is 17.8 Å². The van der Waals surface area contributed by atoms with Crippen LogP contribution in [0.3, 0.4) is 0 Å². The van der Waals surface area contributed by atoms with Crippen molar-refractivity contribution >= 4 is 33.5 Å². The summed E-state index contributed by atoms with van der Waals surface area (Å²) >= 11 is 5.87. The van der Waals surface area contributed by atoms with E-state index in [2.05, 4.69) is 9.71 Å². The number of hydrogen-bond donors (Lipinski definition) is 2. The molecule has 1 aromatic heterocycles. The number of carboxylic acid groups (broad SMARTS) is 1. The number of carbonyl (C=O) groups is 1. The Morgan fingerprint density at radius 1 is 1.55 bits per heavy atom. The van der Waals surface area contributed by atoms with E-state index in [4.69, 9.17) is 16.7 Å². The summed E-state index contributed by atoms with van der Waals surface area (Å²) in [5.74, 6) is -1.66. The van der Waals surface area contributed by atoms with E-state index >= 15 is 0 Å².